The normalized spacial score (nSPS) is 16.8. The quantitative estimate of drug-likeness (QED) is 0.749. The molecule has 0 aromatic heterocycles. The van der Waals surface area contributed by atoms with E-state index in [9.17, 15) is 4.79 Å². The van der Waals surface area contributed by atoms with Crippen molar-refractivity contribution in [3.05, 3.63) is 29.8 Å². The van der Waals surface area contributed by atoms with Crippen LogP contribution in [0.4, 0.5) is 0 Å². The van der Waals surface area contributed by atoms with Crippen LogP contribution in [-0.2, 0) is 19.7 Å². The number of rotatable bonds is 5. The van der Waals surface area contributed by atoms with Gasteiger partial charge in [0.25, 0.3) is 0 Å². The summed E-state index contributed by atoms with van der Waals surface area (Å²) in [4.78, 5) is 11.8. The van der Waals surface area contributed by atoms with Gasteiger partial charge in [0.05, 0.1) is 26.9 Å². The summed E-state index contributed by atoms with van der Waals surface area (Å²) >= 11 is 0. The number of esters is 1. The molecule has 1 heterocycles. The van der Waals surface area contributed by atoms with Crippen LogP contribution in [0.1, 0.15) is 18.9 Å². The summed E-state index contributed by atoms with van der Waals surface area (Å²) in [6, 6.07) is 7.58. The summed E-state index contributed by atoms with van der Waals surface area (Å²) in [6.45, 7) is 3.53. The lowest BCUT2D eigenvalue weighted by molar-refractivity contribution is -0.166. The summed E-state index contributed by atoms with van der Waals surface area (Å²) < 4.78 is 15.5. The van der Waals surface area contributed by atoms with E-state index in [0.717, 1.165) is 17.7 Å². The summed E-state index contributed by atoms with van der Waals surface area (Å²) in [7, 11) is 1.40. The third kappa shape index (κ3) is 2.20. The number of carbonyl (C=O) groups is 1. The largest absolute Gasteiger partial charge is 0.494 e. The second-order valence-electron chi connectivity index (χ2n) is 4.44. The van der Waals surface area contributed by atoms with Crippen molar-refractivity contribution >= 4 is 5.97 Å². The van der Waals surface area contributed by atoms with Crippen molar-refractivity contribution in [1.82, 2.24) is 0 Å². The van der Waals surface area contributed by atoms with Gasteiger partial charge in [-0.15, -0.1) is 0 Å². The highest BCUT2D eigenvalue weighted by molar-refractivity contribution is 5.84. The smallest absolute Gasteiger partial charge is 0.321 e. The summed E-state index contributed by atoms with van der Waals surface area (Å²) in [5.74, 6) is 0.580. The zero-order valence-corrected chi connectivity index (χ0v) is 10.8. The number of benzene rings is 1. The molecule has 0 bridgehead atoms. The monoisotopic (exact) mass is 250 g/mol. The molecule has 98 valence electrons. The molecule has 0 aliphatic carbocycles. The van der Waals surface area contributed by atoms with Gasteiger partial charge in [0, 0.05) is 0 Å². The molecule has 1 aromatic carbocycles. The van der Waals surface area contributed by atoms with E-state index < -0.39 is 5.41 Å². The molecule has 0 radical (unpaired) electrons. The van der Waals surface area contributed by atoms with Crippen LogP contribution in [-0.4, -0.2) is 32.9 Å². The number of ether oxygens (including phenoxy) is 3. The third-order valence-corrected chi connectivity index (χ3v) is 3.15. The van der Waals surface area contributed by atoms with E-state index in [2.05, 4.69) is 6.92 Å². The van der Waals surface area contributed by atoms with Crippen molar-refractivity contribution in [3.63, 3.8) is 0 Å². The fourth-order valence-corrected chi connectivity index (χ4v) is 1.99. The average molecular weight is 250 g/mol. The Morgan fingerprint density at radius 2 is 2.00 bits per heavy atom. The molecule has 1 aromatic rings. The molecule has 0 unspecified atom stereocenters. The predicted octanol–water partition coefficient (Wildman–Crippen LogP) is 1.92. The maximum Gasteiger partial charge on any atom is 0.321 e. The third-order valence-electron chi connectivity index (χ3n) is 3.15. The Hall–Kier alpha value is -1.55. The Balaban J connectivity index is 2.15. The van der Waals surface area contributed by atoms with Gasteiger partial charge in [-0.1, -0.05) is 19.1 Å². The molecule has 4 heteroatoms. The van der Waals surface area contributed by atoms with Gasteiger partial charge in [-0.2, -0.15) is 0 Å². The Labute approximate surface area is 107 Å². The maximum atomic E-state index is 11.8. The van der Waals surface area contributed by atoms with Crippen LogP contribution in [0.5, 0.6) is 5.75 Å². The number of hydrogen-bond acceptors (Lipinski definition) is 4. The van der Waals surface area contributed by atoms with Gasteiger partial charge in [-0.25, -0.2) is 0 Å². The average Bonchev–Trinajstić information content (AvgIpc) is 2.36. The lowest BCUT2D eigenvalue weighted by atomic mass is 9.78. The van der Waals surface area contributed by atoms with Crippen molar-refractivity contribution in [2.45, 2.75) is 18.8 Å². The summed E-state index contributed by atoms with van der Waals surface area (Å²) in [5.41, 5.74) is 0.294. The van der Waals surface area contributed by atoms with Gasteiger partial charge in [0.15, 0.2) is 0 Å². The van der Waals surface area contributed by atoms with Gasteiger partial charge in [-0.05, 0) is 24.1 Å². The van der Waals surface area contributed by atoms with Crippen molar-refractivity contribution in [1.29, 1.82) is 0 Å². The highest BCUT2D eigenvalue weighted by atomic mass is 16.5. The van der Waals surface area contributed by atoms with Gasteiger partial charge in [-0.3, -0.25) is 4.79 Å². The van der Waals surface area contributed by atoms with Crippen LogP contribution in [0, 0.1) is 0 Å². The first kappa shape index (κ1) is 12.9. The van der Waals surface area contributed by atoms with E-state index in [-0.39, 0.29) is 5.97 Å². The lowest BCUT2D eigenvalue weighted by Gasteiger charge is -2.38. The first-order chi connectivity index (χ1) is 8.73. The van der Waals surface area contributed by atoms with Crippen molar-refractivity contribution in [2.24, 2.45) is 0 Å². The zero-order valence-electron chi connectivity index (χ0n) is 10.8. The second-order valence-corrected chi connectivity index (χ2v) is 4.44. The van der Waals surface area contributed by atoms with E-state index in [1.807, 2.05) is 24.3 Å². The fraction of sp³-hybridized carbons (Fsp3) is 0.500. The molecule has 0 N–H and O–H groups in total. The van der Waals surface area contributed by atoms with Gasteiger partial charge >= 0.3 is 5.97 Å². The van der Waals surface area contributed by atoms with Crippen molar-refractivity contribution in [3.8, 4) is 5.75 Å². The molecule has 0 amide bonds. The first-order valence-electron chi connectivity index (χ1n) is 6.12. The molecule has 2 rings (SSSR count). The van der Waals surface area contributed by atoms with E-state index in [1.54, 1.807) is 0 Å². The summed E-state index contributed by atoms with van der Waals surface area (Å²) in [6.07, 6.45) is 0.974. The van der Waals surface area contributed by atoms with Crippen LogP contribution < -0.4 is 4.74 Å². The minimum atomic E-state index is -0.627. The first-order valence-corrected chi connectivity index (χ1v) is 6.12. The van der Waals surface area contributed by atoms with Crippen LogP contribution in [0.3, 0.4) is 0 Å². The van der Waals surface area contributed by atoms with E-state index >= 15 is 0 Å². The Morgan fingerprint density at radius 3 is 2.44 bits per heavy atom. The van der Waals surface area contributed by atoms with E-state index in [1.165, 1.54) is 7.11 Å². The molecular weight excluding hydrogens is 232 g/mol. The van der Waals surface area contributed by atoms with Crippen molar-refractivity contribution in [2.75, 3.05) is 26.9 Å². The molecule has 1 aliphatic heterocycles. The second kappa shape index (κ2) is 5.40. The number of hydrogen-bond donors (Lipinski definition) is 0. The lowest BCUT2D eigenvalue weighted by Crippen LogP contribution is -2.53. The Morgan fingerprint density at radius 1 is 1.33 bits per heavy atom. The van der Waals surface area contributed by atoms with E-state index in [4.69, 9.17) is 14.2 Å². The number of methoxy groups -OCH3 is 1. The molecule has 18 heavy (non-hydrogen) atoms. The molecule has 4 nitrogen and oxygen atoms in total. The van der Waals surface area contributed by atoms with Crippen LogP contribution in [0.25, 0.3) is 0 Å². The summed E-state index contributed by atoms with van der Waals surface area (Å²) in [5, 5.41) is 0. The molecule has 1 fully saturated rings. The van der Waals surface area contributed by atoms with Crippen LogP contribution in [0.2, 0.25) is 0 Å². The minimum absolute atomic E-state index is 0.240. The minimum Gasteiger partial charge on any atom is -0.494 e. The van der Waals surface area contributed by atoms with Crippen LogP contribution >= 0.6 is 0 Å². The van der Waals surface area contributed by atoms with Crippen molar-refractivity contribution < 1.29 is 19.0 Å². The van der Waals surface area contributed by atoms with Gasteiger partial charge in [0.1, 0.15) is 11.2 Å². The Bertz CT molecular complexity index is 406. The topological polar surface area (TPSA) is 44.8 Å². The zero-order chi connectivity index (χ0) is 13.0. The molecule has 0 spiro atoms. The standard InChI is InChI=1S/C14H18O4/c1-3-8-18-12-6-4-11(5-7-12)14(9-17-10-14)13(15)16-2/h4-7H,3,8-10H2,1-2H3. The molecule has 1 aliphatic rings. The highest BCUT2D eigenvalue weighted by Gasteiger charge is 2.48. The SMILES string of the molecule is CCCOc1ccc(C2(C(=O)OC)COC2)cc1. The molecule has 1 saturated heterocycles. The number of carbonyl (C=O) groups excluding carboxylic acids is 1. The van der Waals surface area contributed by atoms with Gasteiger partial charge < -0.3 is 14.2 Å². The Kier molecular flexibility index (Phi) is 3.87. The fourth-order valence-electron chi connectivity index (χ4n) is 1.99. The molecule has 0 saturated carbocycles. The van der Waals surface area contributed by atoms with Gasteiger partial charge in [0.2, 0.25) is 0 Å². The van der Waals surface area contributed by atoms with E-state index in [0.29, 0.717) is 19.8 Å². The predicted molar refractivity (Wildman–Crippen MR) is 66.7 cm³/mol. The maximum absolute atomic E-state index is 11.8. The molecule has 0 atom stereocenters. The molecular formula is C14H18O4. The highest BCUT2D eigenvalue weighted by Crippen LogP contribution is 2.34. The van der Waals surface area contributed by atoms with Crippen LogP contribution in [0.15, 0.2) is 24.3 Å².